The Balaban J connectivity index is 1.92. The van der Waals surface area contributed by atoms with E-state index in [4.69, 9.17) is 4.74 Å². The van der Waals surface area contributed by atoms with E-state index in [2.05, 4.69) is 23.4 Å². The van der Waals surface area contributed by atoms with Gasteiger partial charge in [0.1, 0.15) is 5.75 Å². The highest BCUT2D eigenvalue weighted by atomic mass is 16.5. The third-order valence-corrected chi connectivity index (χ3v) is 3.68. The molecule has 108 valence electrons. The van der Waals surface area contributed by atoms with Gasteiger partial charge in [0.25, 0.3) is 0 Å². The standard InChI is InChI=1S/C16H22N2O2/c1-13(12-18-10-8-17(2)9-11-18)16(19)14-4-6-15(20-3)7-5-14/h4-7H,1,8-12H2,2-3H3. The maximum Gasteiger partial charge on any atom is 0.189 e. The van der Waals surface area contributed by atoms with Crippen LogP contribution in [0.2, 0.25) is 0 Å². The number of hydrogen-bond donors (Lipinski definition) is 0. The Kier molecular flexibility index (Phi) is 4.93. The van der Waals surface area contributed by atoms with Crippen molar-refractivity contribution in [3.8, 4) is 5.75 Å². The molecule has 0 amide bonds. The van der Waals surface area contributed by atoms with Gasteiger partial charge in [-0.25, -0.2) is 0 Å². The van der Waals surface area contributed by atoms with Crippen molar-refractivity contribution in [1.82, 2.24) is 9.80 Å². The lowest BCUT2D eigenvalue weighted by molar-refractivity contribution is 0.101. The molecule has 4 nitrogen and oxygen atoms in total. The molecule has 0 saturated carbocycles. The van der Waals surface area contributed by atoms with Crippen molar-refractivity contribution in [3.63, 3.8) is 0 Å². The maximum atomic E-state index is 12.3. The Hall–Kier alpha value is -1.65. The highest BCUT2D eigenvalue weighted by Crippen LogP contribution is 2.15. The largest absolute Gasteiger partial charge is 0.497 e. The van der Waals surface area contributed by atoms with Crippen molar-refractivity contribution >= 4 is 5.78 Å². The van der Waals surface area contributed by atoms with Crippen LogP contribution in [0.3, 0.4) is 0 Å². The molecule has 0 atom stereocenters. The molecule has 0 spiro atoms. The summed E-state index contributed by atoms with van der Waals surface area (Å²) in [5, 5.41) is 0. The molecule has 0 unspecified atom stereocenters. The summed E-state index contributed by atoms with van der Waals surface area (Å²) in [7, 11) is 3.73. The number of carbonyl (C=O) groups excluding carboxylic acids is 1. The number of Topliss-reactive ketones (excluding diaryl/α,β-unsaturated/α-hetero) is 1. The number of rotatable bonds is 5. The van der Waals surface area contributed by atoms with E-state index in [-0.39, 0.29) is 5.78 Å². The summed E-state index contributed by atoms with van der Waals surface area (Å²) in [4.78, 5) is 16.9. The van der Waals surface area contributed by atoms with E-state index in [1.54, 1.807) is 31.4 Å². The molecule has 20 heavy (non-hydrogen) atoms. The average Bonchev–Trinajstić information content (AvgIpc) is 2.49. The van der Waals surface area contributed by atoms with Crippen LogP contribution in [0.1, 0.15) is 10.4 Å². The average molecular weight is 274 g/mol. The van der Waals surface area contributed by atoms with Crippen molar-refractivity contribution in [2.45, 2.75) is 0 Å². The van der Waals surface area contributed by atoms with Crippen LogP contribution in [0.25, 0.3) is 0 Å². The normalized spacial score (nSPS) is 16.9. The molecular weight excluding hydrogens is 252 g/mol. The molecule has 1 heterocycles. The van der Waals surface area contributed by atoms with Gasteiger partial charge in [-0.1, -0.05) is 6.58 Å². The first kappa shape index (κ1) is 14.8. The molecule has 2 rings (SSSR count). The van der Waals surface area contributed by atoms with Crippen LogP contribution >= 0.6 is 0 Å². The number of hydrogen-bond acceptors (Lipinski definition) is 4. The van der Waals surface area contributed by atoms with Crippen molar-refractivity contribution in [2.24, 2.45) is 0 Å². The summed E-state index contributed by atoms with van der Waals surface area (Å²) in [6, 6.07) is 7.18. The second kappa shape index (κ2) is 6.68. The van der Waals surface area contributed by atoms with Crippen LogP contribution in [0.15, 0.2) is 36.4 Å². The van der Waals surface area contributed by atoms with Crippen molar-refractivity contribution in [3.05, 3.63) is 42.0 Å². The minimum Gasteiger partial charge on any atom is -0.497 e. The third kappa shape index (κ3) is 3.68. The van der Waals surface area contributed by atoms with Gasteiger partial charge in [-0.3, -0.25) is 9.69 Å². The van der Waals surface area contributed by atoms with E-state index in [0.717, 1.165) is 31.9 Å². The Bertz CT molecular complexity index is 474. The minimum atomic E-state index is 0.0200. The maximum absolute atomic E-state index is 12.3. The summed E-state index contributed by atoms with van der Waals surface area (Å²) in [6.45, 7) is 8.68. The van der Waals surface area contributed by atoms with Gasteiger partial charge in [0.15, 0.2) is 5.78 Å². The summed E-state index contributed by atoms with van der Waals surface area (Å²) in [6.07, 6.45) is 0. The molecule has 1 fully saturated rings. The first-order chi connectivity index (χ1) is 9.60. The van der Waals surface area contributed by atoms with Crippen molar-refractivity contribution in [2.75, 3.05) is 46.9 Å². The third-order valence-electron chi connectivity index (χ3n) is 3.68. The first-order valence-corrected chi connectivity index (χ1v) is 6.87. The molecule has 0 radical (unpaired) electrons. The molecule has 1 aromatic rings. The molecule has 1 aromatic carbocycles. The zero-order valence-electron chi connectivity index (χ0n) is 12.3. The molecule has 0 aliphatic carbocycles. The van der Waals surface area contributed by atoms with Crippen molar-refractivity contribution < 1.29 is 9.53 Å². The molecule has 1 aliphatic heterocycles. The molecule has 1 aliphatic rings. The fourth-order valence-electron chi connectivity index (χ4n) is 2.29. The number of likely N-dealkylation sites (N-methyl/N-ethyl adjacent to an activating group) is 1. The van der Waals surface area contributed by atoms with E-state index in [0.29, 0.717) is 17.7 Å². The number of benzene rings is 1. The first-order valence-electron chi connectivity index (χ1n) is 6.87. The lowest BCUT2D eigenvalue weighted by Crippen LogP contribution is -2.45. The van der Waals surface area contributed by atoms with Gasteiger partial charge >= 0.3 is 0 Å². The van der Waals surface area contributed by atoms with Crippen molar-refractivity contribution in [1.29, 1.82) is 0 Å². The van der Waals surface area contributed by atoms with Gasteiger partial charge in [0, 0.05) is 43.9 Å². The highest BCUT2D eigenvalue weighted by Gasteiger charge is 2.17. The van der Waals surface area contributed by atoms with Gasteiger partial charge in [-0.2, -0.15) is 0 Å². The number of nitrogens with zero attached hydrogens (tertiary/aromatic N) is 2. The smallest absolute Gasteiger partial charge is 0.189 e. The summed E-state index contributed by atoms with van der Waals surface area (Å²) in [5.41, 5.74) is 1.32. The lowest BCUT2D eigenvalue weighted by Gasteiger charge is -2.32. The van der Waals surface area contributed by atoms with Crippen LogP contribution in [-0.2, 0) is 0 Å². The predicted octanol–water partition coefficient (Wildman–Crippen LogP) is 1.68. The number of piperazine rings is 1. The molecule has 0 aromatic heterocycles. The van der Waals surface area contributed by atoms with E-state index < -0.39 is 0 Å². The predicted molar refractivity (Wildman–Crippen MR) is 80.4 cm³/mol. The Labute approximate surface area is 120 Å². The number of ketones is 1. The summed E-state index contributed by atoms with van der Waals surface area (Å²) in [5.74, 6) is 0.776. The van der Waals surface area contributed by atoms with Crippen LogP contribution in [0.5, 0.6) is 5.75 Å². The topological polar surface area (TPSA) is 32.8 Å². The number of carbonyl (C=O) groups is 1. The second-order valence-electron chi connectivity index (χ2n) is 5.24. The Morgan fingerprint density at radius 3 is 2.35 bits per heavy atom. The number of ether oxygens (including phenoxy) is 1. The fraction of sp³-hybridized carbons (Fsp3) is 0.438. The van der Waals surface area contributed by atoms with Gasteiger partial charge in [0.05, 0.1) is 7.11 Å². The van der Waals surface area contributed by atoms with E-state index >= 15 is 0 Å². The Morgan fingerprint density at radius 2 is 1.80 bits per heavy atom. The monoisotopic (exact) mass is 274 g/mol. The fourth-order valence-corrected chi connectivity index (χ4v) is 2.29. The SMILES string of the molecule is C=C(CN1CCN(C)CC1)C(=O)c1ccc(OC)cc1. The zero-order chi connectivity index (χ0) is 14.5. The lowest BCUT2D eigenvalue weighted by atomic mass is 10.0. The van der Waals surface area contributed by atoms with Gasteiger partial charge in [0.2, 0.25) is 0 Å². The molecule has 0 N–H and O–H groups in total. The Morgan fingerprint density at radius 1 is 1.20 bits per heavy atom. The van der Waals surface area contributed by atoms with Gasteiger partial charge < -0.3 is 9.64 Å². The summed E-state index contributed by atoms with van der Waals surface area (Å²) < 4.78 is 5.09. The van der Waals surface area contributed by atoms with E-state index in [1.807, 2.05) is 0 Å². The summed E-state index contributed by atoms with van der Waals surface area (Å²) >= 11 is 0. The van der Waals surface area contributed by atoms with Gasteiger partial charge in [-0.05, 0) is 31.3 Å². The van der Waals surface area contributed by atoms with Gasteiger partial charge in [-0.15, -0.1) is 0 Å². The minimum absolute atomic E-state index is 0.0200. The van der Waals surface area contributed by atoms with Crippen LogP contribution in [-0.4, -0.2) is 62.5 Å². The van der Waals surface area contributed by atoms with E-state index in [1.165, 1.54) is 0 Å². The molecule has 0 bridgehead atoms. The van der Waals surface area contributed by atoms with Crippen LogP contribution in [0.4, 0.5) is 0 Å². The second-order valence-corrected chi connectivity index (χ2v) is 5.24. The molecule has 1 saturated heterocycles. The highest BCUT2D eigenvalue weighted by molar-refractivity contribution is 6.08. The quantitative estimate of drug-likeness (QED) is 0.604. The molecule has 4 heteroatoms. The zero-order valence-corrected chi connectivity index (χ0v) is 12.3. The van der Waals surface area contributed by atoms with Crippen LogP contribution in [0, 0.1) is 0 Å². The number of methoxy groups -OCH3 is 1. The molecular formula is C16H22N2O2. The van der Waals surface area contributed by atoms with Crippen LogP contribution < -0.4 is 4.74 Å². The van der Waals surface area contributed by atoms with E-state index in [9.17, 15) is 4.79 Å².